The van der Waals surface area contributed by atoms with Crippen LogP contribution in [0.2, 0.25) is 10.0 Å². The Labute approximate surface area is 115 Å². The number of carboxylic acid groups (broad SMARTS) is 1. The largest absolute Gasteiger partial charge is 0.480 e. The van der Waals surface area contributed by atoms with Gasteiger partial charge in [0.1, 0.15) is 0 Å². The molecule has 0 atom stereocenters. The Morgan fingerprint density at radius 2 is 2.00 bits per heavy atom. The molecule has 0 aliphatic rings. The molecule has 0 radical (unpaired) electrons. The van der Waals surface area contributed by atoms with E-state index < -0.39 is 21.7 Å². The van der Waals surface area contributed by atoms with E-state index in [1.165, 1.54) is 7.05 Å². The van der Waals surface area contributed by atoms with E-state index in [9.17, 15) is 13.2 Å². The van der Waals surface area contributed by atoms with Gasteiger partial charge in [0.2, 0.25) is 10.0 Å². The highest BCUT2D eigenvalue weighted by atomic mass is 35.5. The Morgan fingerprint density at radius 1 is 1.39 bits per heavy atom. The van der Waals surface area contributed by atoms with E-state index in [0.29, 0.717) is 10.6 Å². The second-order valence-corrected chi connectivity index (χ2v) is 6.48. The Kier molecular flexibility index (Phi) is 4.98. The Balaban J connectivity index is 2.91. The number of carbonyl (C=O) groups is 1. The standard InChI is InChI=1S/C10H11Cl2NO4S/c1-13(18(16,17)6-9(14)15)5-7-3-2-4-8(11)10(7)12/h2-4H,5-6H2,1H3,(H,14,15). The maximum Gasteiger partial charge on any atom is 0.320 e. The van der Waals surface area contributed by atoms with E-state index in [1.807, 2.05) is 0 Å². The zero-order chi connectivity index (χ0) is 13.9. The van der Waals surface area contributed by atoms with Crippen LogP contribution in [0.15, 0.2) is 18.2 Å². The van der Waals surface area contributed by atoms with Crippen LogP contribution in [0.25, 0.3) is 0 Å². The number of hydrogen-bond acceptors (Lipinski definition) is 3. The maximum atomic E-state index is 11.6. The molecule has 8 heteroatoms. The average molecular weight is 312 g/mol. The first kappa shape index (κ1) is 15.2. The summed E-state index contributed by atoms with van der Waals surface area (Å²) >= 11 is 11.7. The van der Waals surface area contributed by atoms with Crippen LogP contribution in [0.5, 0.6) is 0 Å². The highest BCUT2D eigenvalue weighted by Crippen LogP contribution is 2.26. The molecule has 0 aromatic heterocycles. The second kappa shape index (κ2) is 5.88. The van der Waals surface area contributed by atoms with Crippen molar-refractivity contribution in [3.05, 3.63) is 33.8 Å². The lowest BCUT2D eigenvalue weighted by atomic mass is 10.2. The molecule has 0 saturated carbocycles. The third kappa shape index (κ3) is 3.84. The highest BCUT2D eigenvalue weighted by Gasteiger charge is 2.22. The van der Waals surface area contributed by atoms with Gasteiger partial charge in [0.15, 0.2) is 5.75 Å². The van der Waals surface area contributed by atoms with Gasteiger partial charge in [0.25, 0.3) is 0 Å². The van der Waals surface area contributed by atoms with Gasteiger partial charge in [-0.05, 0) is 11.6 Å². The molecule has 1 aromatic carbocycles. The number of benzene rings is 1. The van der Waals surface area contributed by atoms with Crippen LogP contribution in [0.3, 0.4) is 0 Å². The topological polar surface area (TPSA) is 74.7 Å². The minimum atomic E-state index is -3.86. The summed E-state index contributed by atoms with van der Waals surface area (Å²) in [5.74, 6) is -2.36. The first-order valence-corrected chi connectivity index (χ1v) is 7.19. The second-order valence-electron chi connectivity index (χ2n) is 3.62. The summed E-state index contributed by atoms with van der Waals surface area (Å²) in [5, 5.41) is 9.09. The molecule has 0 aliphatic carbocycles. The number of aliphatic carboxylic acids is 1. The molecule has 100 valence electrons. The first-order valence-electron chi connectivity index (χ1n) is 4.82. The molecule has 0 heterocycles. The molecular formula is C10H11Cl2NO4S. The number of nitrogens with zero attached hydrogens (tertiary/aromatic N) is 1. The molecule has 18 heavy (non-hydrogen) atoms. The normalized spacial score (nSPS) is 11.8. The molecular weight excluding hydrogens is 301 g/mol. The SMILES string of the molecule is CN(Cc1cccc(Cl)c1Cl)S(=O)(=O)CC(=O)O. The third-order valence-electron chi connectivity index (χ3n) is 2.21. The quantitative estimate of drug-likeness (QED) is 0.900. The van der Waals surface area contributed by atoms with E-state index >= 15 is 0 Å². The van der Waals surface area contributed by atoms with Crippen LogP contribution in [0.1, 0.15) is 5.56 Å². The van der Waals surface area contributed by atoms with Crippen molar-refractivity contribution in [3.63, 3.8) is 0 Å². The summed E-state index contributed by atoms with van der Waals surface area (Å²) in [6.45, 7) is -0.0327. The Bertz CT molecular complexity index is 559. The fourth-order valence-electron chi connectivity index (χ4n) is 1.28. The van der Waals surface area contributed by atoms with E-state index in [1.54, 1.807) is 18.2 Å². The fraction of sp³-hybridized carbons (Fsp3) is 0.300. The van der Waals surface area contributed by atoms with Gasteiger partial charge in [-0.2, -0.15) is 0 Å². The van der Waals surface area contributed by atoms with Crippen molar-refractivity contribution >= 4 is 39.2 Å². The molecule has 0 bridgehead atoms. The number of carboxylic acids is 1. The highest BCUT2D eigenvalue weighted by molar-refractivity contribution is 7.89. The lowest BCUT2D eigenvalue weighted by Crippen LogP contribution is -2.31. The number of rotatable bonds is 5. The zero-order valence-corrected chi connectivity index (χ0v) is 11.8. The maximum absolute atomic E-state index is 11.6. The Morgan fingerprint density at radius 3 is 2.56 bits per heavy atom. The van der Waals surface area contributed by atoms with Gasteiger partial charge < -0.3 is 5.11 Å². The van der Waals surface area contributed by atoms with Crippen LogP contribution in [0, 0.1) is 0 Å². The van der Waals surface area contributed by atoms with Gasteiger partial charge in [-0.3, -0.25) is 4.79 Å². The van der Waals surface area contributed by atoms with Crippen molar-refractivity contribution in [2.45, 2.75) is 6.54 Å². The van der Waals surface area contributed by atoms with E-state index in [4.69, 9.17) is 28.3 Å². The van der Waals surface area contributed by atoms with Crippen molar-refractivity contribution in [2.24, 2.45) is 0 Å². The van der Waals surface area contributed by atoms with Gasteiger partial charge >= 0.3 is 5.97 Å². The fourth-order valence-corrected chi connectivity index (χ4v) is 2.52. The predicted molar refractivity (Wildman–Crippen MR) is 69.4 cm³/mol. The van der Waals surface area contributed by atoms with Crippen molar-refractivity contribution in [2.75, 3.05) is 12.8 Å². The molecule has 0 saturated heterocycles. The van der Waals surface area contributed by atoms with E-state index in [0.717, 1.165) is 4.31 Å². The summed E-state index contributed by atoms with van der Waals surface area (Å²) in [7, 11) is -2.57. The minimum Gasteiger partial charge on any atom is -0.480 e. The number of halogens is 2. The number of hydrogen-bond donors (Lipinski definition) is 1. The molecule has 1 aromatic rings. The smallest absolute Gasteiger partial charge is 0.320 e. The lowest BCUT2D eigenvalue weighted by molar-refractivity contribution is -0.134. The van der Waals surface area contributed by atoms with Gasteiger partial charge in [-0.1, -0.05) is 35.3 Å². The average Bonchev–Trinajstić information content (AvgIpc) is 2.22. The van der Waals surface area contributed by atoms with Crippen LogP contribution in [-0.2, 0) is 21.4 Å². The van der Waals surface area contributed by atoms with E-state index in [2.05, 4.69) is 0 Å². The molecule has 1 N–H and O–H groups in total. The molecule has 0 amide bonds. The zero-order valence-electron chi connectivity index (χ0n) is 9.43. The van der Waals surface area contributed by atoms with Crippen molar-refractivity contribution < 1.29 is 18.3 Å². The van der Waals surface area contributed by atoms with Gasteiger partial charge in [0, 0.05) is 13.6 Å². The van der Waals surface area contributed by atoms with Crippen LogP contribution in [0.4, 0.5) is 0 Å². The van der Waals surface area contributed by atoms with Gasteiger partial charge in [0.05, 0.1) is 10.0 Å². The minimum absolute atomic E-state index is 0.0327. The van der Waals surface area contributed by atoms with Gasteiger partial charge in [-0.25, -0.2) is 12.7 Å². The van der Waals surface area contributed by atoms with Crippen molar-refractivity contribution in [1.29, 1.82) is 0 Å². The molecule has 0 aliphatic heterocycles. The molecule has 1 rings (SSSR count). The third-order valence-corrected chi connectivity index (χ3v) is 4.75. The number of sulfonamides is 1. The summed E-state index contributed by atoms with van der Waals surface area (Å²) < 4.78 is 24.2. The van der Waals surface area contributed by atoms with E-state index in [-0.39, 0.29) is 11.6 Å². The van der Waals surface area contributed by atoms with Crippen LogP contribution >= 0.6 is 23.2 Å². The molecule has 0 unspecified atom stereocenters. The summed E-state index contributed by atoms with van der Waals surface area (Å²) in [4.78, 5) is 10.4. The summed E-state index contributed by atoms with van der Waals surface area (Å²) in [5.41, 5.74) is 0.514. The lowest BCUT2D eigenvalue weighted by Gasteiger charge is -2.17. The van der Waals surface area contributed by atoms with Crippen LogP contribution < -0.4 is 0 Å². The molecule has 0 fully saturated rings. The monoisotopic (exact) mass is 311 g/mol. The Hall–Kier alpha value is -0.820. The predicted octanol–water partition coefficient (Wildman–Crippen LogP) is 1.84. The summed E-state index contributed by atoms with van der Waals surface area (Å²) in [6.07, 6.45) is 0. The summed E-state index contributed by atoms with van der Waals surface area (Å²) in [6, 6.07) is 4.85. The molecule has 5 nitrogen and oxygen atoms in total. The van der Waals surface area contributed by atoms with Gasteiger partial charge in [-0.15, -0.1) is 0 Å². The van der Waals surface area contributed by atoms with Crippen molar-refractivity contribution in [3.8, 4) is 0 Å². The van der Waals surface area contributed by atoms with Crippen molar-refractivity contribution in [1.82, 2.24) is 4.31 Å². The molecule has 0 spiro atoms. The first-order chi connectivity index (χ1) is 8.24. The van der Waals surface area contributed by atoms with Crippen LogP contribution in [-0.4, -0.2) is 36.6 Å².